The fourth-order valence-corrected chi connectivity index (χ4v) is 5.26. The molecule has 2 aromatic carbocycles. The quantitative estimate of drug-likeness (QED) is 0.263. The van der Waals surface area contributed by atoms with Crippen molar-refractivity contribution in [2.24, 2.45) is 5.92 Å². The first-order valence-electron chi connectivity index (χ1n) is 11.3. The number of para-hydroxylation sites is 1. The topological polar surface area (TPSA) is 84.7 Å². The van der Waals surface area contributed by atoms with Gasteiger partial charge in [-0.05, 0) is 55.3 Å². The zero-order chi connectivity index (χ0) is 26.0. The molecule has 0 aliphatic carbocycles. The number of amides is 1. The van der Waals surface area contributed by atoms with Crippen molar-refractivity contribution in [2.75, 3.05) is 0 Å². The first-order valence-corrected chi connectivity index (χ1v) is 12.9. The SMILES string of the molecule is CCC(C)[C@@H](C(=O)O)N1C(=O)/C(=C/c2c(C)nn(-c3ccccc3)c2Oc2ccc(Cl)cc2)SC1=S. The Hall–Kier alpha value is -3.14. The minimum Gasteiger partial charge on any atom is -0.480 e. The number of hydrogen-bond acceptors (Lipinski definition) is 6. The van der Waals surface area contributed by atoms with Crippen LogP contribution in [-0.4, -0.2) is 42.0 Å². The molecule has 1 aliphatic heterocycles. The second-order valence-electron chi connectivity index (χ2n) is 8.33. The summed E-state index contributed by atoms with van der Waals surface area (Å²) in [7, 11) is 0. The molecule has 4 rings (SSSR count). The van der Waals surface area contributed by atoms with Gasteiger partial charge in [-0.15, -0.1) is 0 Å². The molecular formula is C26H24ClN3O4S2. The summed E-state index contributed by atoms with van der Waals surface area (Å²) in [5, 5.41) is 15.1. The van der Waals surface area contributed by atoms with Crippen LogP contribution in [-0.2, 0) is 9.59 Å². The van der Waals surface area contributed by atoms with Gasteiger partial charge in [0.15, 0.2) is 0 Å². The van der Waals surface area contributed by atoms with Gasteiger partial charge in [-0.3, -0.25) is 9.69 Å². The van der Waals surface area contributed by atoms with E-state index in [0.29, 0.717) is 39.2 Å². The number of hydrogen-bond donors (Lipinski definition) is 1. The Labute approximate surface area is 223 Å². The summed E-state index contributed by atoms with van der Waals surface area (Å²) in [6, 6.07) is 15.4. The molecule has 0 spiro atoms. The third kappa shape index (κ3) is 5.18. The highest BCUT2D eigenvalue weighted by atomic mass is 35.5. The van der Waals surface area contributed by atoms with Crippen LogP contribution in [0.1, 0.15) is 31.5 Å². The minimum absolute atomic E-state index is 0.215. The molecule has 1 N–H and O–H groups in total. The lowest BCUT2D eigenvalue weighted by Gasteiger charge is -2.27. The fourth-order valence-electron chi connectivity index (χ4n) is 3.82. The number of aryl methyl sites for hydroxylation is 1. The minimum atomic E-state index is -1.08. The van der Waals surface area contributed by atoms with Gasteiger partial charge in [-0.1, -0.05) is 74.0 Å². The molecule has 1 unspecified atom stereocenters. The summed E-state index contributed by atoms with van der Waals surface area (Å²) in [6.45, 7) is 5.50. The van der Waals surface area contributed by atoms with Crippen molar-refractivity contribution in [1.29, 1.82) is 0 Å². The van der Waals surface area contributed by atoms with Crippen molar-refractivity contribution >= 4 is 57.9 Å². The van der Waals surface area contributed by atoms with Crippen LogP contribution in [0.2, 0.25) is 5.02 Å². The smallest absolute Gasteiger partial charge is 0.327 e. The molecule has 0 saturated carbocycles. The Morgan fingerprint density at radius 2 is 1.89 bits per heavy atom. The number of aliphatic carboxylic acids is 1. The van der Waals surface area contributed by atoms with Gasteiger partial charge in [-0.25, -0.2) is 4.79 Å². The van der Waals surface area contributed by atoms with Crippen molar-refractivity contribution in [3.63, 3.8) is 0 Å². The molecule has 1 amide bonds. The van der Waals surface area contributed by atoms with E-state index in [-0.39, 0.29) is 10.2 Å². The Kier molecular flexibility index (Phi) is 7.82. The van der Waals surface area contributed by atoms with Crippen LogP contribution < -0.4 is 4.74 Å². The summed E-state index contributed by atoms with van der Waals surface area (Å²) in [4.78, 5) is 26.9. The highest BCUT2D eigenvalue weighted by Crippen LogP contribution is 2.39. The highest BCUT2D eigenvalue weighted by Gasteiger charge is 2.42. The standard InChI is InChI=1S/C26H24ClN3O4S2/c1-4-15(2)22(25(32)33)29-23(31)21(36-26(29)35)14-20-16(3)28-30(18-8-6-5-7-9-18)24(20)34-19-12-10-17(27)11-13-19/h5-15,22H,4H2,1-3H3,(H,32,33)/b21-14-/t15?,22-/m0/s1. The van der Waals surface area contributed by atoms with Crippen molar-refractivity contribution in [3.05, 3.63) is 75.8 Å². The fraction of sp³-hybridized carbons (Fsp3) is 0.231. The lowest BCUT2D eigenvalue weighted by Crippen LogP contribution is -2.47. The van der Waals surface area contributed by atoms with E-state index in [4.69, 9.17) is 28.6 Å². The molecule has 36 heavy (non-hydrogen) atoms. The molecule has 1 aliphatic rings. The van der Waals surface area contributed by atoms with Gasteiger partial charge in [0.2, 0.25) is 5.88 Å². The van der Waals surface area contributed by atoms with Gasteiger partial charge in [0.05, 0.1) is 21.8 Å². The number of carboxylic acids is 1. The van der Waals surface area contributed by atoms with Gasteiger partial charge < -0.3 is 9.84 Å². The highest BCUT2D eigenvalue weighted by molar-refractivity contribution is 8.26. The number of carboxylic acid groups (broad SMARTS) is 1. The number of thioether (sulfide) groups is 1. The second-order valence-corrected chi connectivity index (χ2v) is 10.4. The molecule has 3 aromatic rings. The zero-order valence-electron chi connectivity index (χ0n) is 19.8. The summed E-state index contributed by atoms with van der Waals surface area (Å²) < 4.78 is 8.12. The van der Waals surface area contributed by atoms with Crippen LogP contribution >= 0.6 is 35.6 Å². The molecule has 2 heterocycles. The Bertz CT molecular complexity index is 1340. The summed E-state index contributed by atoms with van der Waals surface area (Å²) in [5.74, 6) is -0.844. The monoisotopic (exact) mass is 541 g/mol. The second kappa shape index (κ2) is 10.9. The molecule has 0 radical (unpaired) electrons. The van der Waals surface area contributed by atoms with Gasteiger partial charge in [0.25, 0.3) is 5.91 Å². The van der Waals surface area contributed by atoms with Gasteiger partial charge >= 0.3 is 5.97 Å². The van der Waals surface area contributed by atoms with E-state index < -0.39 is 17.9 Å². The van der Waals surface area contributed by atoms with E-state index in [1.165, 1.54) is 4.90 Å². The van der Waals surface area contributed by atoms with E-state index in [9.17, 15) is 14.7 Å². The number of aromatic nitrogens is 2. The Morgan fingerprint density at radius 1 is 1.22 bits per heavy atom. The molecule has 1 saturated heterocycles. The predicted molar refractivity (Wildman–Crippen MR) is 146 cm³/mol. The normalized spacial score (nSPS) is 16.4. The molecule has 0 bridgehead atoms. The van der Waals surface area contributed by atoms with Crippen molar-refractivity contribution in [3.8, 4) is 17.3 Å². The maximum atomic E-state index is 13.4. The number of carbonyl (C=O) groups is 2. The molecule has 2 atom stereocenters. The lowest BCUT2D eigenvalue weighted by molar-refractivity contribution is -0.147. The average Bonchev–Trinajstić information content (AvgIpc) is 3.31. The first kappa shape index (κ1) is 25.9. The van der Waals surface area contributed by atoms with E-state index in [0.717, 1.165) is 17.4 Å². The number of thiocarbonyl (C=S) groups is 1. The molecule has 1 aromatic heterocycles. The largest absolute Gasteiger partial charge is 0.480 e. The van der Waals surface area contributed by atoms with Crippen LogP contribution in [0.3, 0.4) is 0 Å². The molecule has 186 valence electrons. The molecular weight excluding hydrogens is 518 g/mol. The van der Waals surface area contributed by atoms with E-state index in [1.807, 2.05) is 44.2 Å². The van der Waals surface area contributed by atoms with Crippen molar-refractivity contribution in [2.45, 2.75) is 33.2 Å². The maximum Gasteiger partial charge on any atom is 0.327 e. The van der Waals surface area contributed by atoms with Gasteiger partial charge in [0, 0.05) is 5.02 Å². The van der Waals surface area contributed by atoms with Gasteiger partial charge in [-0.2, -0.15) is 9.78 Å². The van der Waals surface area contributed by atoms with Crippen molar-refractivity contribution in [1.82, 2.24) is 14.7 Å². The number of benzene rings is 2. The van der Waals surface area contributed by atoms with Crippen LogP contribution in [0.4, 0.5) is 0 Å². The maximum absolute atomic E-state index is 13.4. The van der Waals surface area contributed by atoms with Crippen LogP contribution in [0.15, 0.2) is 59.5 Å². The van der Waals surface area contributed by atoms with E-state index in [1.54, 1.807) is 41.9 Å². The summed E-state index contributed by atoms with van der Waals surface area (Å²) in [5.41, 5.74) is 1.99. The summed E-state index contributed by atoms with van der Waals surface area (Å²) >= 11 is 12.5. The van der Waals surface area contributed by atoms with E-state index >= 15 is 0 Å². The summed E-state index contributed by atoms with van der Waals surface area (Å²) in [6.07, 6.45) is 2.26. The first-order chi connectivity index (χ1) is 17.2. The number of carbonyl (C=O) groups excluding carboxylic acids is 1. The average molecular weight is 542 g/mol. The molecule has 1 fully saturated rings. The van der Waals surface area contributed by atoms with Crippen molar-refractivity contribution < 1.29 is 19.4 Å². The Balaban J connectivity index is 1.79. The van der Waals surface area contributed by atoms with Crippen LogP contribution in [0.25, 0.3) is 11.8 Å². The number of halogens is 1. The third-order valence-electron chi connectivity index (χ3n) is 5.90. The zero-order valence-corrected chi connectivity index (χ0v) is 22.2. The Morgan fingerprint density at radius 3 is 2.50 bits per heavy atom. The molecule has 7 nitrogen and oxygen atoms in total. The number of rotatable bonds is 8. The number of ether oxygens (including phenoxy) is 1. The lowest BCUT2D eigenvalue weighted by atomic mass is 9.98. The predicted octanol–water partition coefficient (Wildman–Crippen LogP) is 6.33. The van der Waals surface area contributed by atoms with Crippen LogP contribution in [0, 0.1) is 12.8 Å². The van der Waals surface area contributed by atoms with Crippen LogP contribution in [0.5, 0.6) is 11.6 Å². The number of nitrogens with zero attached hydrogens (tertiary/aromatic N) is 3. The third-order valence-corrected chi connectivity index (χ3v) is 7.49. The molecule has 10 heteroatoms. The van der Waals surface area contributed by atoms with E-state index in [2.05, 4.69) is 5.10 Å². The van der Waals surface area contributed by atoms with Gasteiger partial charge in [0.1, 0.15) is 16.1 Å².